The molecule has 198 valence electrons. The average molecular weight is 505 g/mol. The van der Waals surface area contributed by atoms with Crippen LogP contribution in [-0.4, -0.2) is 41.3 Å². The van der Waals surface area contributed by atoms with Crippen molar-refractivity contribution >= 4 is 23.2 Å². The fourth-order valence-corrected chi connectivity index (χ4v) is 4.60. The Bertz CT molecular complexity index is 872. The predicted molar refractivity (Wildman–Crippen MR) is 150 cm³/mol. The van der Waals surface area contributed by atoms with E-state index in [9.17, 15) is 9.59 Å². The SMILES string of the molecule is CC.CC.CN.Cc1ncsc1-c1ccc(C(C)NC(=O)C2CCCN2C(=O)CC(C)(C)C)cc1. The number of nitrogens with two attached hydrogens (primary N) is 1. The summed E-state index contributed by atoms with van der Waals surface area (Å²) in [5.74, 6) is 0.0201. The Kier molecular flexibility index (Phi) is 15.4. The molecular formula is C28H48N4O2S. The molecule has 2 heterocycles. The third kappa shape index (κ3) is 10.1. The number of likely N-dealkylation sites (tertiary alicyclic amines) is 1. The number of benzene rings is 1. The normalized spacial score (nSPS) is 15.4. The molecule has 1 aromatic heterocycles. The van der Waals surface area contributed by atoms with Crippen LogP contribution in [0.4, 0.5) is 0 Å². The van der Waals surface area contributed by atoms with Gasteiger partial charge in [-0.15, -0.1) is 11.3 Å². The lowest BCUT2D eigenvalue weighted by molar-refractivity contribution is -0.140. The van der Waals surface area contributed by atoms with E-state index in [4.69, 9.17) is 0 Å². The third-order valence-electron chi connectivity index (χ3n) is 5.33. The zero-order chi connectivity index (χ0) is 27.2. The van der Waals surface area contributed by atoms with Gasteiger partial charge in [0.2, 0.25) is 11.8 Å². The van der Waals surface area contributed by atoms with Crippen LogP contribution in [-0.2, 0) is 9.59 Å². The van der Waals surface area contributed by atoms with Crippen LogP contribution in [0.5, 0.6) is 0 Å². The monoisotopic (exact) mass is 504 g/mol. The Morgan fingerprint density at radius 3 is 2.20 bits per heavy atom. The lowest BCUT2D eigenvalue weighted by Crippen LogP contribution is -2.47. The lowest BCUT2D eigenvalue weighted by atomic mass is 9.91. The summed E-state index contributed by atoms with van der Waals surface area (Å²) in [7, 11) is 1.50. The molecule has 7 heteroatoms. The van der Waals surface area contributed by atoms with E-state index in [1.807, 2.05) is 47.1 Å². The standard InChI is InChI=1S/C23H31N3O2S.2C2H6.CH5N/c1-15(17-8-10-18(11-9-17)21-16(2)24-14-29-21)25-22(28)19-7-6-12-26(19)20(27)13-23(3,4)5;3*1-2/h8-11,14-15,19H,6-7,12-13H2,1-5H3,(H,25,28);2*1-2H3;2H2,1H3. The van der Waals surface area contributed by atoms with E-state index >= 15 is 0 Å². The van der Waals surface area contributed by atoms with Crippen LogP contribution in [0, 0.1) is 12.3 Å². The molecule has 6 nitrogen and oxygen atoms in total. The van der Waals surface area contributed by atoms with Gasteiger partial charge in [-0.25, -0.2) is 4.98 Å². The van der Waals surface area contributed by atoms with Crippen molar-refractivity contribution in [1.29, 1.82) is 0 Å². The number of aromatic nitrogens is 1. The van der Waals surface area contributed by atoms with Crippen LogP contribution in [0.2, 0.25) is 0 Å². The molecule has 2 aromatic rings. The van der Waals surface area contributed by atoms with Crippen LogP contribution in [0.3, 0.4) is 0 Å². The van der Waals surface area contributed by atoms with Gasteiger partial charge in [0.1, 0.15) is 6.04 Å². The molecule has 1 aliphatic heterocycles. The summed E-state index contributed by atoms with van der Waals surface area (Å²) in [6.07, 6.45) is 2.08. The van der Waals surface area contributed by atoms with Gasteiger partial charge in [0.15, 0.2) is 0 Å². The van der Waals surface area contributed by atoms with Gasteiger partial charge >= 0.3 is 0 Å². The molecular weight excluding hydrogens is 456 g/mol. The van der Waals surface area contributed by atoms with Crippen LogP contribution in [0.1, 0.15) is 92.0 Å². The van der Waals surface area contributed by atoms with Gasteiger partial charge in [0.05, 0.1) is 22.1 Å². The van der Waals surface area contributed by atoms with Crippen molar-refractivity contribution in [1.82, 2.24) is 15.2 Å². The molecule has 1 aliphatic rings. The summed E-state index contributed by atoms with van der Waals surface area (Å²) in [5.41, 5.74) is 9.50. The molecule has 0 spiro atoms. The summed E-state index contributed by atoms with van der Waals surface area (Å²) in [4.78, 5) is 32.8. The zero-order valence-corrected chi connectivity index (χ0v) is 24.4. The topological polar surface area (TPSA) is 88.3 Å². The van der Waals surface area contributed by atoms with Crippen LogP contribution < -0.4 is 11.1 Å². The molecule has 0 radical (unpaired) electrons. The maximum Gasteiger partial charge on any atom is 0.243 e. The van der Waals surface area contributed by atoms with Crippen LogP contribution in [0.25, 0.3) is 10.4 Å². The highest BCUT2D eigenvalue weighted by molar-refractivity contribution is 7.13. The first-order chi connectivity index (χ1) is 16.7. The van der Waals surface area contributed by atoms with Gasteiger partial charge in [-0.3, -0.25) is 9.59 Å². The lowest BCUT2D eigenvalue weighted by Gasteiger charge is -2.28. The second-order valence-corrected chi connectivity index (χ2v) is 9.96. The minimum atomic E-state index is -0.355. The molecule has 0 bridgehead atoms. The molecule has 3 N–H and O–H groups in total. The molecule has 3 rings (SSSR count). The van der Waals surface area contributed by atoms with E-state index in [2.05, 4.69) is 61.1 Å². The Morgan fingerprint density at radius 2 is 1.71 bits per heavy atom. The summed E-state index contributed by atoms with van der Waals surface area (Å²) >= 11 is 1.63. The molecule has 1 aromatic carbocycles. The molecule has 1 fully saturated rings. The van der Waals surface area contributed by atoms with Crippen molar-refractivity contribution in [3.05, 3.63) is 41.0 Å². The maximum absolute atomic E-state index is 12.9. The van der Waals surface area contributed by atoms with Crippen molar-refractivity contribution in [3.63, 3.8) is 0 Å². The first-order valence-corrected chi connectivity index (χ1v) is 13.7. The van der Waals surface area contributed by atoms with Crippen molar-refractivity contribution in [3.8, 4) is 10.4 Å². The molecule has 2 unspecified atom stereocenters. The smallest absolute Gasteiger partial charge is 0.243 e. The first kappa shape index (κ1) is 32.8. The fourth-order valence-electron chi connectivity index (χ4n) is 3.79. The van der Waals surface area contributed by atoms with Crippen LogP contribution in [0.15, 0.2) is 29.8 Å². The van der Waals surface area contributed by atoms with Crippen LogP contribution >= 0.6 is 11.3 Å². The largest absolute Gasteiger partial charge is 0.348 e. The highest BCUT2D eigenvalue weighted by Crippen LogP contribution is 2.29. The molecule has 35 heavy (non-hydrogen) atoms. The summed E-state index contributed by atoms with van der Waals surface area (Å²) in [6, 6.07) is 7.79. The number of hydrogen-bond acceptors (Lipinski definition) is 5. The number of carbonyl (C=O) groups excluding carboxylic acids is 2. The van der Waals surface area contributed by atoms with E-state index in [1.54, 1.807) is 16.2 Å². The van der Waals surface area contributed by atoms with E-state index < -0.39 is 0 Å². The molecule has 0 aliphatic carbocycles. The van der Waals surface area contributed by atoms with E-state index in [0.717, 1.165) is 29.7 Å². The number of aryl methyl sites for hydroxylation is 1. The number of thiazole rings is 1. The van der Waals surface area contributed by atoms with Crippen molar-refractivity contribution in [2.24, 2.45) is 11.1 Å². The summed E-state index contributed by atoms with van der Waals surface area (Å²) in [6.45, 7) is 18.8. The Balaban J connectivity index is 0.00000179. The van der Waals surface area contributed by atoms with Gasteiger partial charge in [-0.2, -0.15) is 0 Å². The van der Waals surface area contributed by atoms with Gasteiger partial charge in [-0.1, -0.05) is 72.7 Å². The molecule has 0 saturated carbocycles. The second kappa shape index (κ2) is 16.4. The number of hydrogen-bond donors (Lipinski definition) is 2. The second-order valence-electron chi connectivity index (χ2n) is 9.10. The number of carbonyl (C=O) groups is 2. The fraction of sp³-hybridized carbons (Fsp3) is 0.607. The van der Waals surface area contributed by atoms with E-state index in [-0.39, 0.29) is 29.3 Å². The first-order valence-electron chi connectivity index (χ1n) is 12.8. The van der Waals surface area contributed by atoms with Gasteiger partial charge in [-0.05, 0) is 50.3 Å². The average Bonchev–Trinajstić information content (AvgIpc) is 3.51. The van der Waals surface area contributed by atoms with Gasteiger partial charge in [0.25, 0.3) is 0 Å². The number of nitrogens with one attached hydrogen (secondary N) is 1. The predicted octanol–water partition coefficient (Wildman–Crippen LogP) is 6.35. The van der Waals surface area contributed by atoms with Gasteiger partial charge < -0.3 is 16.0 Å². The number of amides is 2. The number of nitrogens with zero attached hydrogens (tertiary/aromatic N) is 2. The van der Waals surface area contributed by atoms with Crippen molar-refractivity contribution < 1.29 is 9.59 Å². The third-order valence-corrected chi connectivity index (χ3v) is 6.31. The van der Waals surface area contributed by atoms with Crippen molar-refractivity contribution in [2.75, 3.05) is 13.6 Å². The highest BCUT2D eigenvalue weighted by Gasteiger charge is 2.35. The minimum absolute atomic E-state index is 0.0559. The summed E-state index contributed by atoms with van der Waals surface area (Å²) < 4.78 is 0. The number of rotatable bonds is 5. The highest BCUT2D eigenvalue weighted by atomic mass is 32.1. The Morgan fingerprint density at radius 1 is 1.14 bits per heavy atom. The molecule has 1 saturated heterocycles. The Hall–Kier alpha value is -2.25. The van der Waals surface area contributed by atoms with E-state index in [1.165, 1.54) is 11.9 Å². The van der Waals surface area contributed by atoms with E-state index in [0.29, 0.717) is 13.0 Å². The van der Waals surface area contributed by atoms with Crippen molar-refractivity contribution in [2.45, 2.75) is 93.7 Å². The van der Waals surface area contributed by atoms with Gasteiger partial charge in [0, 0.05) is 13.0 Å². The Labute approximate surface area is 217 Å². The quantitative estimate of drug-likeness (QED) is 0.496. The minimum Gasteiger partial charge on any atom is -0.348 e. The molecule has 2 amide bonds. The maximum atomic E-state index is 12.9. The molecule has 2 atom stereocenters. The zero-order valence-electron chi connectivity index (χ0n) is 23.6. The summed E-state index contributed by atoms with van der Waals surface area (Å²) in [5, 5.41) is 3.11.